The van der Waals surface area contributed by atoms with Crippen molar-refractivity contribution in [2.45, 2.75) is 32.7 Å². The monoisotopic (exact) mass is 383 g/mol. The summed E-state index contributed by atoms with van der Waals surface area (Å²) >= 11 is 1.73. The molecule has 1 aliphatic rings. The van der Waals surface area contributed by atoms with Crippen molar-refractivity contribution < 1.29 is 9.21 Å². The summed E-state index contributed by atoms with van der Waals surface area (Å²) < 4.78 is 5.73. The van der Waals surface area contributed by atoms with Crippen LogP contribution in [0.15, 0.2) is 40.1 Å². The van der Waals surface area contributed by atoms with Gasteiger partial charge in [-0.05, 0) is 12.1 Å². The molecule has 6 heteroatoms. The van der Waals surface area contributed by atoms with Crippen LogP contribution in [0, 0.1) is 0 Å². The van der Waals surface area contributed by atoms with Crippen molar-refractivity contribution >= 4 is 28.2 Å². The van der Waals surface area contributed by atoms with Gasteiger partial charge in [0.1, 0.15) is 10.6 Å². The van der Waals surface area contributed by atoms with Crippen LogP contribution in [0.4, 0.5) is 0 Å². The van der Waals surface area contributed by atoms with Gasteiger partial charge in [-0.25, -0.2) is 4.98 Å². The SMILES string of the molecule is CC(C)(C)c1csc(CN2CCN(C(=O)c3cc4ccccc4o3)CC2)n1. The number of nitrogens with zero attached hydrogens (tertiary/aromatic N) is 3. The Hall–Kier alpha value is -2.18. The number of piperazine rings is 1. The van der Waals surface area contributed by atoms with Gasteiger partial charge < -0.3 is 9.32 Å². The average Bonchev–Trinajstić information content (AvgIpc) is 3.28. The highest BCUT2D eigenvalue weighted by molar-refractivity contribution is 7.09. The number of hydrogen-bond acceptors (Lipinski definition) is 5. The third-order valence-electron chi connectivity index (χ3n) is 4.97. The van der Waals surface area contributed by atoms with E-state index in [1.165, 1.54) is 0 Å². The molecule has 1 aliphatic heterocycles. The van der Waals surface area contributed by atoms with E-state index in [1.54, 1.807) is 11.3 Å². The average molecular weight is 384 g/mol. The minimum atomic E-state index is -0.0184. The Morgan fingerprint density at radius 1 is 1.19 bits per heavy atom. The molecule has 0 unspecified atom stereocenters. The highest BCUT2D eigenvalue weighted by Crippen LogP contribution is 2.25. The fourth-order valence-corrected chi connectivity index (χ4v) is 4.33. The van der Waals surface area contributed by atoms with Crippen LogP contribution >= 0.6 is 11.3 Å². The Balaban J connectivity index is 1.35. The van der Waals surface area contributed by atoms with Crippen LogP contribution < -0.4 is 0 Å². The van der Waals surface area contributed by atoms with Crippen LogP contribution in [0.2, 0.25) is 0 Å². The molecule has 2 aromatic heterocycles. The Morgan fingerprint density at radius 2 is 1.93 bits per heavy atom. The number of carbonyl (C=O) groups excluding carboxylic acids is 1. The number of rotatable bonds is 3. The molecule has 27 heavy (non-hydrogen) atoms. The van der Waals surface area contributed by atoms with E-state index >= 15 is 0 Å². The lowest BCUT2D eigenvalue weighted by atomic mass is 9.93. The van der Waals surface area contributed by atoms with Crippen molar-refractivity contribution in [1.82, 2.24) is 14.8 Å². The predicted molar refractivity (Wildman–Crippen MR) is 108 cm³/mol. The first-order valence-electron chi connectivity index (χ1n) is 9.35. The Labute approximate surface area is 163 Å². The molecule has 0 radical (unpaired) electrons. The number of fused-ring (bicyclic) bond motifs is 1. The molecule has 142 valence electrons. The molecule has 1 amide bonds. The maximum Gasteiger partial charge on any atom is 0.289 e. The van der Waals surface area contributed by atoms with E-state index in [-0.39, 0.29) is 11.3 Å². The number of carbonyl (C=O) groups is 1. The molecule has 0 spiro atoms. The van der Waals surface area contributed by atoms with Gasteiger partial charge >= 0.3 is 0 Å². The molecule has 0 N–H and O–H groups in total. The highest BCUT2D eigenvalue weighted by Gasteiger charge is 2.25. The Kier molecular flexibility index (Phi) is 4.78. The van der Waals surface area contributed by atoms with Gasteiger partial charge in [0.15, 0.2) is 5.76 Å². The van der Waals surface area contributed by atoms with Gasteiger partial charge in [-0.15, -0.1) is 11.3 Å². The molecule has 3 aromatic rings. The summed E-state index contributed by atoms with van der Waals surface area (Å²) in [5, 5.41) is 4.28. The second kappa shape index (κ2) is 7.09. The number of aromatic nitrogens is 1. The van der Waals surface area contributed by atoms with E-state index in [0.717, 1.165) is 41.3 Å². The number of benzene rings is 1. The number of furan rings is 1. The predicted octanol–water partition coefficient (Wildman–Crippen LogP) is 4.14. The van der Waals surface area contributed by atoms with E-state index in [0.29, 0.717) is 18.8 Å². The van der Waals surface area contributed by atoms with Crippen LogP contribution in [0.5, 0.6) is 0 Å². The van der Waals surface area contributed by atoms with Crippen molar-refractivity contribution in [3.05, 3.63) is 52.2 Å². The standard InChI is InChI=1S/C21H25N3O2S/c1-21(2,3)18-14-27-19(22-18)13-23-8-10-24(11-9-23)20(25)17-12-15-6-4-5-7-16(15)26-17/h4-7,12,14H,8-11,13H2,1-3H3. The van der Waals surface area contributed by atoms with E-state index in [9.17, 15) is 4.79 Å². The molecular formula is C21H25N3O2S. The van der Waals surface area contributed by atoms with Gasteiger partial charge in [-0.1, -0.05) is 39.0 Å². The van der Waals surface area contributed by atoms with Crippen LogP contribution in [0.1, 0.15) is 42.0 Å². The summed E-state index contributed by atoms with van der Waals surface area (Å²) in [5.74, 6) is 0.412. The first-order valence-corrected chi connectivity index (χ1v) is 10.2. The molecule has 1 aromatic carbocycles. The van der Waals surface area contributed by atoms with Gasteiger partial charge in [0, 0.05) is 42.4 Å². The van der Waals surface area contributed by atoms with Gasteiger partial charge in [0.05, 0.1) is 12.2 Å². The maximum atomic E-state index is 12.8. The largest absolute Gasteiger partial charge is 0.451 e. The maximum absolute atomic E-state index is 12.8. The minimum Gasteiger partial charge on any atom is -0.451 e. The number of para-hydroxylation sites is 1. The van der Waals surface area contributed by atoms with Crippen molar-refractivity contribution in [2.75, 3.05) is 26.2 Å². The van der Waals surface area contributed by atoms with Crippen LogP contribution in [-0.2, 0) is 12.0 Å². The fraction of sp³-hybridized carbons (Fsp3) is 0.429. The summed E-state index contributed by atoms with van der Waals surface area (Å²) in [7, 11) is 0. The molecule has 1 fully saturated rings. The van der Waals surface area contributed by atoms with E-state index in [2.05, 4.69) is 31.1 Å². The lowest BCUT2D eigenvalue weighted by Gasteiger charge is -2.33. The van der Waals surface area contributed by atoms with Crippen LogP contribution in [0.3, 0.4) is 0 Å². The normalized spacial score (nSPS) is 16.2. The minimum absolute atomic E-state index is 0.0184. The summed E-state index contributed by atoms with van der Waals surface area (Å²) in [4.78, 5) is 21.8. The number of amides is 1. The molecule has 1 saturated heterocycles. The highest BCUT2D eigenvalue weighted by atomic mass is 32.1. The number of hydrogen-bond donors (Lipinski definition) is 0. The lowest BCUT2D eigenvalue weighted by Crippen LogP contribution is -2.48. The summed E-state index contributed by atoms with van der Waals surface area (Å²) in [5.41, 5.74) is 2.01. The molecule has 0 aliphatic carbocycles. The van der Waals surface area contributed by atoms with Crippen molar-refractivity contribution in [3.63, 3.8) is 0 Å². The first kappa shape index (κ1) is 18.2. The van der Waals surface area contributed by atoms with Crippen molar-refractivity contribution in [3.8, 4) is 0 Å². The topological polar surface area (TPSA) is 49.6 Å². The quantitative estimate of drug-likeness (QED) is 0.682. The summed E-state index contributed by atoms with van der Waals surface area (Å²) in [6.07, 6.45) is 0. The van der Waals surface area contributed by atoms with Gasteiger partial charge in [-0.2, -0.15) is 0 Å². The van der Waals surface area contributed by atoms with Gasteiger partial charge in [0.2, 0.25) is 0 Å². The first-order chi connectivity index (χ1) is 12.9. The molecule has 0 atom stereocenters. The molecule has 5 nitrogen and oxygen atoms in total. The molecular weight excluding hydrogens is 358 g/mol. The second-order valence-corrected chi connectivity index (χ2v) is 9.04. The molecule has 4 rings (SSSR count). The van der Waals surface area contributed by atoms with Gasteiger partial charge in [-0.3, -0.25) is 9.69 Å². The molecule has 0 bridgehead atoms. The summed E-state index contributed by atoms with van der Waals surface area (Å²) in [6.45, 7) is 10.6. The third kappa shape index (κ3) is 3.92. The van der Waals surface area contributed by atoms with E-state index in [4.69, 9.17) is 9.40 Å². The fourth-order valence-electron chi connectivity index (χ4n) is 3.27. The molecule has 0 saturated carbocycles. The Morgan fingerprint density at radius 3 is 2.59 bits per heavy atom. The van der Waals surface area contributed by atoms with Crippen molar-refractivity contribution in [1.29, 1.82) is 0 Å². The van der Waals surface area contributed by atoms with Gasteiger partial charge in [0.25, 0.3) is 5.91 Å². The second-order valence-electron chi connectivity index (χ2n) is 8.09. The zero-order valence-corrected chi connectivity index (χ0v) is 16.9. The number of thiazole rings is 1. The Bertz CT molecular complexity index is 913. The smallest absolute Gasteiger partial charge is 0.289 e. The van der Waals surface area contributed by atoms with Crippen molar-refractivity contribution in [2.24, 2.45) is 0 Å². The van der Waals surface area contributed by atoms with E-state index < -0.39 is 0 Å². The third-order valence-corrected chi connectivity index (χ3v) is 5.81. The zero-order valence-electron chi connectivity index (χ0n) is 16.1. The summed E-state index contributed by atoms with van der Waals surface area (Å²) in [6, 6.07) is 9.57. The lowest BCUT2D eigenvalue weighted by molar-refractivity contribution is 0.0600. The van der Waals surface area contributed by atoms with Crippen LogP contribution in [-0.4, -0.2) is 46.9 Å². The molecule has 3 heterocycles. The van der Waals surface area contributed by atoms with E-state index in [1.807, 2.05) is 35.2 Å². The van der Waals surface area contributed by atoms with Crippen LogP contribution in [0.25, 0.3) is 11.0 Å². The zero-order chi connectivity index (χ0) is 19.0.